The molecule has 0 amide bonds. The number of phenolic OH excluding ortho intramolecular Hbond substituents is 1. The number of rotatable bonds is 0. The van der Waals surface area contributed by atoms with E-state index in [9.17, 15) is 4.39 Å². The molecule has 0 saturated carbocycles. The molecule has 10 heavy (non-hydrogen) atoms. The lowest BCUT2D eigenvalue weighted by molar-refractivity contribution is 0.427. The minimum Gasteiger partial charge on any atom is -0.504 e. The van der Waals surface area contributed by atoms with Crippen molar-refractivity contribution in [2.24, 2.45) is 0 Å². The van der Waals surface area contributed by atoms with Gasteiger partial charge in [-0.3, -0.25) is 0 Å². The lowest BCUT2D eigenvalue weighted by atomic mass is 10.2. The molecule has 0 aliphatic rings. The number of phenols is 1. The van der Waals surface area contributed by atoms with E-state index in [1.54, 1.807) is 19.1 Å². The predicted octanol–water partition coefficient (Wildman–Crippen LogP) is 2.60. The zero-order chi connectivity index (χ0) is 7.72. The number of aromatic hydroxyl groups is 1. The van der Waals surface area contributed by atoms with Crippen LogP contribution in [0.3, 0.4) is 0 Å². The Morgan fingerprint density at radius 2 is 2.10 bits per heavy atom. The molecule has 54 valence electrons. The largest absolute Gasteiger partial charge is 0.504 e. The van der Waals surface area contributed by atoms with Gasteiger partial charge in [0.15, 0.2) is 11.6 Å². The van der Waals surface area contributed by atoms with Gasteiger partial charge in [-0.2, -0.15) is 0 Å². The maximum Gasteiger partial charge on any atom is 0.168 e. The molecule has 1 aromatic rings. The van der Waals surface area contributed by atoms with Crippen LogP contribution in [0.15, 0.2) is 16.6 Å². The van der Waals surface area contributed by atoms with Crippen molar-refractivity contribution in [3.8, 4) is 5.75 Å². The van der Waals surface area contributed by atoms with Crippen molar-refractivity contribution in [3.05, 3.63) is 28.0 Å². The molecule has 0 spiro atoms. The Bertz CT molecular complexity index is 233. The van der Waals surface area contributed by atoms with Crippen molar-refractivity contribution in [1.82, 2.24) is 0 Å². The fourth-order valence-electron chi connectivity index (χ4n) is 0.642. The highest BCUT2D eigenvalue weighted by Gasteiger charge is 2.06. The van der Waals surface area contributed by atoms with Gasteiger partial charge in [-0.25, -0.2) is 4.39 Å². The highest BCUT2D eigenvalue weighted by molar-refractivity contribution is 9.10. The SMILES string of the molecule is Cc1ccc(Br)c(O)c1F. The third-order valence-corrected chi connectivity index (χ3v) is 1.90. The van der Waals surface area contributed by atoms with Crippen molar-refractivity contribution >= 4 is 15.9 Å². The summed E-state index contributed by atoms with van der Waals surface area (Å²) in [6.07, 6.45) is 0. The highest BCUT2D eigenvalue weighted by Crippen LogP contribution is 2.28. The van der Waals surface area contributed by atoms with Crippen LogP contribution in [-0.2, 0) is 0 Å². The number of hydrogen-bond donors (Lipinski definition) is 1. The van der Waals surface area contributed by atoms with E-state index in [-0.39, 0.29) is 5.75 Å². The Hall–Kier alpha value is -0.570. The van der Waals surface area contributed by atoms with Crippen molar-refractivity contribution in [3.63, 3.8) is 0 Å². The second-order valence-corrected chi connectivity index (χ2v) is 2.88. The first-order valence-corrected chi connectivity index (χ1v) is 3.56. The summed E-state index contributed by atoms with van der Waals surface area (Å²) in [5.41, 5.74) is 0.445. The van der Waals surface area contributed by atoms with Gasteiger partial charge in [0.25, 0.3) is 0 Å². The van der Waals surface area contributed by atoms with E-state index in [1.165, 1.54) is 0 Å². The van der Waals surface area contributed by atoms with E-state index in [0.717, 1.165) is 0 Å². The molecule has 1 nitrogen and oxygen atoms in total. The molecule has 3 heteroatoms. The van der Waals surface area contributed by atoms with Crippen molar-refractivity contribution in [1.29, 1.82) is 0 Å². The van der Waals surface area contributed by atoms with Crippen LogP contribution in [0.4, 0.5) is 4.39 Å². The third-order valence-electron chi connectivity index (χ3n) is 1.26. The normalized spacial score (nSPS) is 9.90. The summed E-state index contributed by atoms with van der Waals surface area (Å²) in [7, 11) is 0. The predicted molar refractivity (Wildman–Crippen MR) is 40.5 cm³/mol. The average Bonchev–Trinajstić information content (AvgIpc) is 1.93. The van der Waals surface area contributed by atoms with Gasteiger partial charge in [0.1, 0.15) is 0 Å². The molecule has 0 fully saturated rings. The summed E-state index contributed by atoms with van der Waals surface area (Å²) >= 11 is 2.99. The van der Waals surface area contributed by atoms with Gasteiger partial charge >= 0.3 is 0 Å². The Labute approximate surface area is 66.6 Å². The van der Waals surface area contributed by atoms with Gasteiger partial charge in [-0.15, -0.1) is 0 Å². The molecule has 0 aliphatic heterocycles. The van der Waals surface area contributed by atoms with Crippen LogP contribution < -0.4 is 0 Å². The smallest absolute Gasteiger partial charge is 0.168 e. The van der Waals surface area contributed by atoms with Crippen LogP contribution in [0, 0.1) is 12.7 Å². The van der Waals surface area contributed by atoms with Crippen molar-refractivity contribution < 1.29 is 9.50 Å². The molecule has 1 aromatic carbocycles. The first-order valence-electron chi connectivity index (χ1n) is 2.76. The Kier molecular flexibility index (Phi) is 1.94. The van der Waals surface area contributed by atoms with Crippen LogP contribution in [0.2, 0.25) is 0 Å². The quantitative estimate of drug-likeness (QED) is 0.690. The number of halogens is 2. The number of aryl methyl sites for hydroxylation is 1. The molecule has 0 radical (unpaired) electrons. The fourth-order valence-corrected chi connectivity index (χ4v) is 0.948. The molecular formula is C7H6BrFO. The Morgan fingerprint density at radius 1 is 1.50 bits per heavy atom. The van der Waals surface area contributed by atoms with Gasteiger partial charge in [-0.05, 0) is 34.5 Å². The monoisotopic (exact) mass is 204 g/mol. The standard InChI is InChI=1S/C7H6BrFO/c1-4-2-3-5(8)7(10)6(4)9/h2-3,10H,1H3. The first kappa shape index (κ1) is 7.54. The van der Waals surface area contributed by atoms with Gasteiger partial charge in [-0.1, -0.05) is 6.07 Å². The molecule has 1 rings (SSSR count). The molecule has 0 unspecified atom stereocenters. The van der Waals surface area contributed by atoms with Gasteiger partial charge in [0.2, 0.25) is 0 Å². The lowest BCUT2D eigenvalue weighted by Gasteiger charge is -1.99. The zero-order valence-corrected chi connectivity index (χ0v) is 6.94. The van der Waals surface area contributed by atoms with Crippen LogP contribution in [0.1, 0.15) is 5.56 Å². The van der Waals surface area contributed by atoms with Crippen molar-refractivity contribution in [2.45, 2.75) is 6.92 Å². The maximum atomic E-state index is 12.7. The van der Waals surface area contributed by atoms with Gasteiger partial charge in [0.05, 0.1) is 4.47 Å². The second kappa shape index (κ2) is 2.58. The maximum absolute atomic E-state index is 12.7. The summed E-state index contributed by atoms with van der Waals surface area (Å²) in [6, 6.07) is 3.20. The summed E-state index contributed by atoms with van der Waals surface area (Å²) in [4.78, 5) is 0. The van der Waals surface area contributed by atoms with Crippen LogP contribution >= 0.6 is 15.9 Å². The molecular weight excluding hydrogens is 199 g/mol. The minimum absolute atomic E-state index is 0.319. The van der Waals surface area contributed by atoms with Gasteiger partial charge < -0.3 is 5.11 Å². The van der Waals surface area contributed by atoms with E-state index in [1.807, 2.05) is 0 Å². The van der Waals surface area contributed by atoms with Crippen LogP contribution in [0.25, 0.3) is 0 Å². The van der Waals surface area contributed by atoms with E-state index < -0.39 is 5.82 Å². The summed E-state index contributed by atoms with van der Waals surface area (Å²) < 4.78 is 13.1. The van der Waals surface area contributed by atoms with E-state index >= 15 is 0 Å². The summed E-state index contributed by atoms with van der Waals surface area (Å²) in [6.45, 7) is 1.60. The second-order valence-electron chi connectivity index (χ2n) is 2.03. The first-order chi connectivity index (χ1) is 4.63. The van der Waals surface area contributed by atoms with Crippen LogP contribution in [-0.4, -0.2) is 5.11 Å². The Balaban J connectivity index is 3.34. The zero-order valence-electron chi connectivity index (χ0n) is 5.36. The van der Waals surface area contributed by atoms with Crippen LogP contribution in [0.5, 0.6) is 5.75 Å². The van der Waals surface area contributed by atoms with E-state index in [2.05, 4.69) is 15.9 Å². The topological polar surface area (TPSA) is 20.2 Å². The molecule has 0 saturated heterocycles. The van der Waals surface area contributed by atoms with Crippen molar-refractivity contribution in [2.75, 3.05) is 0 Å². The summed E-state index contributed by atoms with van der Waals surface area (Å²) in [5.74, 6) is -0.880. The lowest BCUT2D eigenvalue weighted by Crippen LogP contribution is -1.82. The number of benzene rings is 1. The number of hydrogen-bond acceptors (Lipinski definition) is 1. The summed E-state index contributed by atoms with van der Waals surface area (Å²) in [5, 5.41) is 8.97. The molecule has 1 N–H and O–H groups in total. The van der Waals surface area contributed by atoms with E-state index in [0.29, 0.717) is 10.0 Å². The Morgan fingerprint density at radius 3 is 2.60 bits per heavy atom. The molecule has 0 aliphatic carbocycles. The molecule has 0 heterocycles. The molecule has 0 aromatic heterocycles. The third kappa shape index (κ3) is 1.14. The molecule has 0 atom stereocenters. The minimum atomic E-state index is -0.561. The van der Waals surface area contributed by atoms with E-state index in [4.69, 9.17) is 5.11 Å². The highest BCUT2D eigenvalue weighted by atomic mass is 79.9. The fraction of sp³-hybridized carbons (Fsp3) is 0.143. The van der Waals surface area contributed by atoms with Gasteiger partial charge in [0, 0.05) is 0 Å². The average molecular weight is 205 g/mol. The molecule has 0 bridgehead atoms.